The minimum atomic E-state index is -5.17. The van der Waals surface area contributed by atoms with Gasteiger partial charge in [0.2, 0.25) is 23.6 Å². The molecule has 2 heterocycles. The zero-order valence-electron chi connectivity index (χ0n) is 21.8. The number of likely N-dealkylation sites (tertiary alicyclic amines) is 1. The molecule has 2 aliphatic carbocycles. The number of fused-ring (bicyclic) bond motifs is 1. The summed E-state index contributed by atoms with van der Waals surface area (Å²) in [6.07, 6.45) is -2.34. The number of carbonyl (C=O) groups is 5. The number of nitrogens with one attached hydrogen (secondary N) is 3. The zero-order valence-corrected chi connectivity index (χ0v) is 21.8. The van der Waals surface area contributed by atoms with E-state index in [-0.39, 0.29) is 36.1 Å². The van der Waals surface area contributed by atoms with Gasteiger partial charge in [-0.25, -0.2) is 0 Å². The Bertz CT molecular complexity index is 1030. The molecule has 10 nitrogen and oxygen atoms in total. The van der Waals surface area contributed by atoms with E-state index in [9.17, 15) is 37.1 Å². The van der Waals surface area contributed by atoms with E-state index in [1.54, 1.807) is 6.92 Å². The van der Waals surface area contributed by atoms with Gasteiger partial charge in [-0.1, -0.05) is 33.6 Å². The van der Waals surface area contributed by atoms with Gasteiger partial charge in [-0.05, 0) is 48.3 Å². The van der Waals surface area contributed by atoms with Gasteiger partial charge < -0.3 is 26.6 Å². The first-order chi connectivity index (χ1) is 17.6. The van der Waals surface area contributed by atoms with E-state index in [1.807, 2.05) is 19.2 Å². The number of piperidine rings is 1. The number of hydrogen-bond acceptors (Lipinski definition) is 5. The average Bonchev–Trinajstić information content (AvgIpc) is 3.33. The van der Waals surface area contributed by atoms with Crippen LogP contribution in [0.15, 0.2) is 0 Å². The van der Waals surface area contributed by atoms with Gasteiger partial charge in [0.1, 0.15) is 18.1 Å². The van der Waals surface area contributed by atoms with Gasteiger partial charge in [-0.2, -0.15) is 13.2 Å². The Balaban J connectivity index is 1.58. The van der Waals surface area contributed by atoms with Crippen LogP contribution in [-0.4, -0.2) is 71.8 Å². The molecule has 0 radical (unpaired) electrons. The van der Waals surface area contributed by atoms with Crippen molar-refractivity contribution in [3.63, 3.8) is 0 Å². The van der Waals surface area contributed by atoms with Gasteiger partial charge in [-0.3, -0.25) is 24.0 Å². The predicted molar refractivity (Wildman–Crippen MR) is 128 cm³/mol. The third kappa shape index (κ3) is 5.07. The Morgan fingerprint density at radius 3 is 2.29 bits per heavy atom. The number of nitrogens with zero attached hydrogens (tertiary/aromatic N) is 1. The van der Waals surface area contributed by atoms with E-state index in [0.29, 0.717) is 38.6 Å². The molecule has 0 unspecified atom stereocenters. The van der Waals surface area contributed by atoms with Crippen molar-refractivity contribution in [2.24, 2.45) is 34.3 Å². The fraction of sp³-hybridized carbons (Fsp3) is 0.800. The van der Waals surface area contributed by atoms with Crippen LogP contribution in [0, 0.1) is 28.6 Å². The molecule has 5 amide bonds. The van der Waals surface area contributed by atoms with Crippen LogP contribution in [0.25, 0.3) is 0 Å². The van der Waals surface area contributed by atoms with Crippen molar-refractivity contribution in [3.05, 3.63) is 0 Å². The molecular formula is C25H36F3N5O5. The molecule has 13 heteroatoms. The first kappa shape index (κ1) is 28.2. The summed E-state index contributed by atoms with van der Waals surface area (Å²) in [6, 6.07) is -3.65. The second-order valence-electron chi connectivity index (χ2n) is 12.1. The van der Waals surface area contributed by atoms with Crippen molar-refractivity contribution in [3.8, 4) is 0 Å². The zero-order chi connectivity index (χ0) is 28.2. The fourth-order valence-electron chi connectivity index (χ4n) is 6.86. The highest BCUT2D eigenvalue weighted by Gasteiger charge is 2.70. The largest absolute Gasteiger partial charge is 0.471 e. The Kier molecular flexibility index (Phi) is 7.19. The lowest BCUT2D eigenvalue weighted by atomic mass is 9.79. The third-order valence-corrected chi connectivity index (χ3v) is 9.33. The molecule has 38 heavy (non-hydrogen) atoms. The predicted octanol–water partition coefficient (Wildman–Crippen LogP) is 0.593. The van der Waals surface area contributed by atoms with Crippen molar-refractivity contribution < 1.29 is 37.1 Å². The van der Waals surface area contributed by atoms with Crippen molar-refractivity contribution in [1.82, 2.24) is 20.9 Å². The number of nitrogens with two attached hydrogens (primary N) is 1. The van der Waals surface area contributed by atoms with Gasteiger partial charge in [-0.15, -0.1) is 0 Å². The fourth-order valence-corrected chi connectivity index (χ4v) is 6.86. The topological polar surface area (TPSA) is 151 Å². The van der Waals surface area contributed by atoms with Crippen LogP contribution in [0.3, 0.4) is 0 Å². The number of halogens is 3. The lowest BCUT2D eigenvalue weighted by molar-refractivity contribution is -0.176. The summed E-state index contributed by atoms with van der Waals surface area (Å²) < 4.78 is 39.5. The molecule has 2 saturated carbocycles. The monoisotopic (exact) mass is 543 g/mol. The van der Waals surface area contributed by atoms with E-state index in [2.05, 4.69) is 10.6 Å². The number of amides is 5. The van der Waals surface area contributed by atoms with Crippen LogP contribution in [0.4, 0.5) is 13.2 Å². The van der Waals surface area contributed by atoms with E-state index in [0.717, 1.165) is 0 Å². The summed E-state index contributed by atoms with van der Waals surface area (Å²) >= 11 is 0. The Labute approximate surface area is 219 Å². The smallest absolute Gasteiger partial charge is 0.368 e. The quantitative estimate of drug-likeness (QED) is 0.353. The van der Waals surface area contributed by atoms with Crippen molar-refractivity contribution in [2.75, 3.05) is 13.1 Å². The molecule has 4 rings (SSSR count). The first-order valence-corrected chi connectivity index (χ1v) is 13.1. The number of hydrogen-bond donors (Lipinski definition) is 4. The molecule has 2 saturated heterocycles. The Morgan fingerprint density at radius 2 is 1.76 bits per heavy atom. The number of alkyl halides is 3. The summed E-state index contributed by atoms with van der Waals surface area (Å²) in [4.78, 5) is 64.8. The molecule has 0 aromatic rings. The van der Waals surface area contributed by atoms with E-state index in [4.69, 9.17) is 5.73 Å². The molecule has 212 valence electrons. The van der Waals surface area contributed by atoms with Crippen LogP contribution >= 0.6 is 0 Å². The van der Waals surface area contributed by atoms with Gasteiger partial charge in [0, 0.05) is 19.0 Å². The summed E-state index contributed by atoms with van der Waals surface area (Å²) in [7, 11) is 0. The Hall–Kier alpha value is -2.86. The molecular weight excluding hydrogens is 507 g/mol. The third-order valence-electron chi connectivity index (χ3n) is 9.33. The highest BCUT2D eigenvalue weighted by Crippen LogP contribution is 2.65. The van der Waals surface area contributed by atoms with Gasteiger partial charge in [0.25, 0.3) is 0 Å². The molecule has 5 N–H and O–H groups in total. The first-order valence-electron chi connectivity index (χ1n) is 13.1. The Morgan fingerprint density at radius 1 is 1.13 bits per heavy atom. The summed E-state index contributed by atoms with van der Waals surface area (Å²) in [5.41, 5.74) is 4.33. The molecule has 2 aliphatic heterocycles. The van der Waals surface area contributed by atoms with Crippen molar-refractivity contribution in [1.29, 1.82) is 0 Å². The number of primary amides is 1. The maximum absolute atomic E-state index is 13.9. The van der Waals surface area contributed by atoms with Crippen LogP contribution in [0.1, 0.15) is 59.3 Å². The lowest BCUT2D eigenvalue weighted by Gasteiger charge is -2.39. The van der Waals surface area contributed by atoms with Crippen molar-refractivity contribution >= 4 is 29.5 Å². The van der Waals surface area contributed by atoms with Gasteiger partial charge in [0.15, 0.2) is 0 Å². The molecule has 6 atom stereocenters. The second kappa shape index (κ2) is 9.71. The molecule has 0 aromatic carbocycles. The maximum atomic E-state index is 13.9. The van der Waals surface area contributed by atoms with E-state index >= 15 is 0 Å². The normalized spacial score (nSPS) is 30.7. The maximum Gasteiger partial charge on any atom is 0.471 e. The second-order valence-corrected chi connectivity index (χ2v) is 12.1. The number of rotatable bonds is 8. The van der Waals surface area contributed by atoms with E-state index in [1.165, 1.54) is 4.90 Å². The minimum absolute atomic E-state index is 0.00734. The highest BCUT2D eigenvalue weighted by atomic mass is 19.4. The standard InChI is InChI=1S/C25H36F3N5O5/c1-23(2)13-11-33(21(37)17(24(3)7-4-5-8-24)32-22(38)25(26,27)28)16(15(13)23)20(36)31-14(18(29)34)10-12-6-9-30-19(12)35/h12-17H,4-11H2,1-3H3,(H2,29,34)(H,30,35)(H,31,36)(H,32,38)/t12-,13-,14-,15-,16-,17+/m0/s1. The van der Waals surface area contributed by atoms with Gasteiger partial charge in [0.05, 0.1) is 0 Å². The van der Waals surface area contributed by atoms with Crippen LogP contribution in [-0.2, 0) is 24.0 Å². The molecule has 4 fully saturated rings. The molecule has 4 aliphatic rings. The van der Waals surface area contributed by atoms with Crippen molar-refractivity contribution in [2.45, 2.75) is 83.6 Å². The molecule has 0 bridgehead atoms. The van der Waals surface area contributed by atoms with E-state index < -0.39 is 59.3 Å². The minimum Gasteiger partial charge on any atom is -0.368 e. The molecule has 0 aromatic heterocycles. The highest BCUT2D eigenvalue weighted by molar-refractivity contribution is 5.96. The van der Waals surface area contributed by atoms with Crippen LogP contribution in [0.5, 0.6) is 0 Å². The number of carbonyl (C=O) groups excluding carboxylic acids is 5. The summed E-state index contributed by atoms with van der Waals surface area (Å²) in [5, 5.41) is 7.21. The summed E-state index contributed by atoms with van der Waals surface area (Å²) in [5.74, 6) is -5.47. The lowest BCUT2D eigenvalue weighted by Crippen LogP contribution is -2.62. The average molecular weight is 544 g/mol. The van der Waals surface area contributed by atoms with Crippen LogP contribution in [0.2, 0.25) is 0 Å². The summed E-state index contributed by atoms with van der Waals surface area (Å²) in [6.45, 7) is 6.18. The van der Waals surface area contributed by atoms with Crippen LogP contribution < -0.4 is 21.7 Å². The van der Waals surface area contributed by atoms with Gasteiger partial charge >= 0.3 is 12.1 Å². The molecule has 0 spiro atoms. The SMILES string of the molecule is CC1([C@H](NC(=O)C(F)(F)F)C(=O)N2C[C@H]3[C@@H]([C@H]2C(=O)N[C@@H](C[C@@H]2CCNC2=O)C(N)=O)C3(C)C)CCCC1.